The molecule has 0 unspecified atom stereocenters. The molecule has 40 heavy (non-hydrogen) atoms. The van der Waals surface area contributed by atoms with Crippen molar-refractivity contribution in [1.29, 1.82) is 0 Å². The Labute approximate surface area is 236 Å². The number of hydrogen-bond acceptors (Lipinski definition) is 9. The number of ether oxygens (including phenoxy) is 4. The first-order chi connectivity index (χ1) is 19.4. The lowest BCUT2D eigenvalue weighted by molar-refractivity contribution is -0.145. The number of carbonyl (C=O) groups excluding carboxylic acids is 2. The Bertz CT molecular complexity index is 1600. The highest BCUT2D eigenvalue weighted by Gasteiger charge is 2.34. The highest BCUT2D eigenvalue weighted by Crippen LogP contribution is 2.34. The number of allylic oxidation sites excluding steroid dienone is 1. The van der Waals surface area contributed by atoms with Crippen LogP contribution in [0.1, 0.15) is 50.8 Å². The second kappa shape index (κ2) is 13.3. The van der Waals surface area contributed by atoms with E-state index < -0.39 is 18.0 Å². The molecule has 1 aliphatic heterocycles. The SMILES string of the molecule is CCCC1=C(C(=O)OCC)[C@H](c2cccc(OC)c2)n2c(s/c(=C\c3ccccc3OCC(=O)OCC)c2=O)=N1. The first-order valence-corrected chi connectivity index (χ1v) is 14.0. The maximum Gasteiger partial charge on any atom is 0.344 e. The molecule has 0 spiro atoms. The third kappa shape index (κ3) is 6.17. The number of aromatic nitrogens is 1. The molecule has 0 radical (unpaired) electrons. The van der Waals surface area contributed by atoms with Gasteiger partial charge in [0.2, 0.25) is 0 Å². The van der Waals surface area contributed by atoms with Gasteiger partial charge in [0.15, 0.2) is 11.4 Å². The third-order valence-electron chi connectivity index (χ3n) is 6.16. The largest absolute Gasteiger partial charge is 0.497 e. The predicted octanol–water partition coefficient (Wildman–Crippen LogP) is 3.53. The first kappa shape index (κ1) is 28.8. The van der Waals surface area contributed by atoms with Crippen molar-refractivity contribution < 1.29 is 28.5 Å². The zero-order chi connectivity index (χ0) is 28.6. The van der Waals surface area contributed by atoms with Gasteiger partial charge in [-0.25, -0.2) is 14.6 Å². The molecule has 2 aromatic carbocycles. The topological polar surface area (TPSA) is 105 Å². The van der Waals surface area contributed by atoms with Gasteiger partial charge in [0, 0.05) is 5.56 Å². The summed E-state index contributed by atoms with van der Waals surface area (Å²) in [6, 6.07) is 13.7. The van der Waals surface area contributed by atoms with Crippen LogP contribution in [-0.2, 0) is 19.1 Å². The van der Waals surface area contributed by atoms with Gasteiger partial charge in [-0.15, -0.1) is 0 Å². The average Bonchev–Trinajstić information content (AvgIpc) is 3.26. The molecule has 0 amide bonds. The number of thiazole rings is 1. The summed E-state index contributed by atoms with van der Waals surface area (Å²) in [4.78, 5) is 44.4. The van der Waals surface area contributed by atoms with Gasteiger partial charge in [0.25, 0.3) is 5.56 Å². The fraction of sp³-hybridized carbons (Fsp3) is 0.333. The van der Waals surface area contributed by atoms with E-state index in [1.807, 2.05) is 31.2 Å². The number of fused-ring (bicyclic) bond motifs is 1. The van der Waals surface area contributed by atoms with Crippen LogP contribution in [0.15, 0.2) is 69.6 Å². The lowest BCUT2D eigenvalue weighted by atomic mass is 9.94. The van der Waals surface area contributed by atoms with Crippen molar-refractivity contribution in [3.63, 3.8) is 0 Å². The van der Waals surface area contributed by atoms with Crippen LogP contribution in [0, 0.1) is 0 Å². The van der Waals surface area contributed by atoms with Gasteiger partial charge in [0.05, 0.1) is 42.2 Å². The Kier molecular flexibility index (Phi) is 9.55. The van der Waals surface area contributed by atoms with Gasteiger partial charge in [-0.1, -0.05) is 55.0 Å². The summed E-state index contributed by atoms with van der Waals surface area (Å²) in [5.74, 6) is 0.0496. The molecule has 10 heteroatoms. The van der Waals surface area contributed by atoms with Crippen molar-refractivity contribution in [2.75, 3.05) is 26.9 Å². The van der Waals surface area contributed by atoms with Crippen LogP contribution in [0.5, 0.6) is 11.5 Å². The van der Waals surface area contributed by atoms with Crippen LogP contribution in [-0.4, -0.2) is 43.4 Å². The number of esters is 2. The van der Waals surface area contributed by atoms with Gasteiger partial charge in [-0.3, -0.25) is 9.36 Å². The number of methoxy groups -OCH3 is 1. The maximum atomic E-state index is 14.0. The summed E-state index contributed by atoms with van der Waals surface area (Å²) in [5.41, 5.74) is 1.95. The van der Waals surface area contributed by atoms with Crippen LogP contribution in [0.2, 0.25) is 0 Å². The molecular weight excluding hydrogens is 532 g/mol. The standard InChI is InChI=1S/C30H32N2O7S/c1-5-11-22-26(29(35)38-7-3)27(20-13-10-14-21(16-20)36-4)32-28(34)24(40-30(32)31-22)17-19-12-8-9-15-23(19)39-18-25(33)37-6-2/h8-10,12-17,27H,5-7,11,18H2,1-4H3/b24-17-/t27-/m0/s1. The quantitative estimate of drug-likeness (QED) is 0.328. The number of carbonyl (C=O) groups is 2. The number of nitrogens with zero attached hydrogens (tertiary/aromatic N) is 2. The van der Waals surface area contributed by atoms with Crippen LogP contribution >= 0.6 is 11.3 Å². The molecule has 0 bridgehead atoms. The Morgan fingerprint density at radius 1 is 1.05 bits per heavy atom. The van der Waals surface area contributed by atoms with E-state index in [0.717, 1.165) is 6.42 Å². The Morgan fingerprint density at radius 2 is 1.82 bits per heavy atom. The van der Waals surface area contributed by atoms with E-state index >= 15 is 0 Å². The zero-order valence-electron chi connectivity index (χ0n) is 23.0. The molecular formula is C30H32N2O7S. The molecule has 0 fully saturated rings. The summed E-state index contributed by atoms with van der Waals surface area (Å²) in [6.45, 7) is 5.68. The van der Waals surface area contributed by atoms with Crippen molar-refractivity contribution in [3.05, 3.63) is 90.6 Å². The molecule has 9 nitrogen and oxygen atoms in total. The molecule has 210 valence electrons. The fourth-order valence-corrected chi connectivity index (χ4v) is 5.47. The Balaban J connectivity index is 1.90. The van der Waals surface area contributed by atoms with E-state index in [9.17, 15) is 14.4 Å². The summed E-state index contributed by atoms with van der Waals surface area (Å²) < 4.78 is 23.5. The van der Waals surface area contributed by atoms with E-state index in [1.165, 1.54) is 11.3 Å². The molecule has 0 N–H and O–H groups in total. The van der Waals surface area contributed by atoms with Crippen molar-refractivity contribution in [2.45, 2.75) is 39.7 Å². The first-order valence-electron chi connectivity index (χ1n) is 13.1. The summed E-state index contributed by atoms with van der Waals surface area (Å²) in [6.07, 6.45) is 3.01. The summed E-state index contributed by atoms with van der Waals surface area (Å²) in [7, 11) is 1.57. The number of hydrogen-bond donors (Lipinski definition) is 0. The normalized spacial score (nSPS) is 14.8. The van der Waals surface area contributed by atoms with E-state index in [0.29, 0.717) is 49.7 Å². The number of benzene rings is 2. The molecule has 0 saturated carbocycles. The molecule has 2 heterocycles. The monoisotopic (exact) mass is 564 g/mol. The van der Waals surface area contributed by atoms with E-state index in [4.69, 9.17) is 23.9 Å². The van der Waals surface area contributed by atoms with Crippen LogP contribution in [0.4, 0.5) is 0 Å². The molecule has 0 aliphatic carbocycles. The molecule has 1 atom stereocenters. The van der Waals surface area contributed by atoms with Gasteiger partial charge < -0.3 is 18.9 Å². The highest BCUT2D eigenvalue weighted by atomic mass is 32.1. The lowest BCUT2D eigenvalue weighted by Crippen LogP contribution is -2.40. The smallest absolute Gasteiger partial charge is 0.344 e. The van der Waals surface area contributed by atoms with Crippen LogP contribution in [0.3, 0.4) is 0 Å². The fourth-order valence-electron chi connectivity index (χ4n) is 4.46. The number of rotatable bonds is 11. The second-order valence-corrected chi connectivity index (χ2v) is 9.83. The van der Waals surface area contributed by atoms with Crippen LogP contribution < -0.4 is 24.4 Å². The minimum absolute atomic E-state index is 0.194. The van der Waals surface area contributed by atoms with E-state index in [-0.39, 0.29) is 25.4 Å². The minimum Gasteiger partial charge on any atom is -0.497 e. The molecule has 3 aromatic rings. The minimum atomic E-state index is -0.746. The highest BCUT2D eigenvalue weighted by molar-refractivity contribution is 7.07. The molecule has 0 saturated heterocycles. The van der Waals surface area contributed by atoms with Gasteiger partial charge >= 0.3 is 11.9 Å². The van der Waals surface area contributed by atoms with E-state index in [2.05, 4.69) is 0 Å². The van der Waals surface area contributed by atoms with Gasteiger partial charge in [0.1, 0.15) is 11.5 Å². The summed E-state index contributed by atoms with van der Waals surface area (Å²) >= 11 is 1.23. The van der Waals surface area contributed by atoms with Crippen molar-refractivity contribution in [1.82, 2.24) is 4.57 Å². The van der Waals surface area contributed by atoms with Crippen molar-refractivity contribution in [3.8, 4) is 11.5 Å². The van der Waals surface area contributed by atoms with Crippen molar-refractivity contribution in [2.24, 2.45) is 4.99 Å². The van der Waals surface area contributed by atoms with Gasteiger partial charge in [-0.05, 0) is 50.1 Å². The lowest BCUT2D eigenvalue weighted by Gasteiger charge is -2.26. The average molecular weight is 565 g/mol. The summed E-state index contributed by atoms with van der Waals surface area (Å²) in [5, 5.41) is 0. The second-order valence-electron chi connectivity index (χ2n) is 8.82. The third-order valence-corrected chi connectivity index (χ3v) is 7.14. The Morgan fingerprint density at radius 3 is 2.55 bits per heavy atom. The maximum absolute atomic E-state index is 14.0. The van der Waals surface area contributed by atoms with Crippen LogP contribution in [0.25, 0.3) is 6.08 Å². The molecule has 4 rings (SSSR count). The molecule has 1 aromatic heterocycles. The van der Waals surface area contributed by atoms with E-state index in [1.54, 1.807) is 55.9 Å². The van der Waals surface area contributed by atoms with Gasteiger partial charge in [-0.2, -0.15) is 0 Å². The Hall–Kier alpha value is -4.18. The molecule has 1 aliphatic rings. The predicted molar refractivity (Wildman–Crippen MR) is 151 cm³/mol. The van der Waals surface area contributed by atoms with Crippen molar-refractivity contribution >= 4 is 29.4 Å². The number of para-hydroxylation sites is 1. The zero-order valence-corrected chi connectivity index (χ0v) is 23.8.